The van der Waals surface area contributed by atoms with Crippen LogP contribution in [0.3, 0.4) is 0 Å². The molecular weight excluding hydrogens is 174 g/mol. The number of nitrogens with zero attached hydrogens (tertiary/aromatic N) is 1. The number of rotatable bonds is 6. The third-order valence-corrected chi connectivity index (χ3v) is 2.70. The maximum atomic E-state index is 5.81. The first-order valence-electron chi connectivity index (χ1n) is 6.06. The third kappa shape index (κ3) is 4.43. The Kier molecular flexibility index (Phi) is 5.49. The maximum Gasteiger partial charge on any atom is 0.0714 e. The highest BCUT2D eigenvalue weighted by Gasteiger charge is 2.22. The standard InChI is InChI=1S/C12H25NO/c1-4-5-8-14-12-6-7-13(10-12)9-11(2)3/h11-12H,4-10H2,1-3H3/t12-/m1/s1. The molecule has 0 amide bonds. The third-order valence-electron chi connectivity index (χ3n) is 2.70. The molecule has 0 aromatic carbocycles. The van der Waals surface area contributed by atoms with Crippen molar-refractivity contribution in [1.29, 1.82) is 0 Å². The van der Waals surface area contributed by atoms with Crippen molar-refractivity contribution < 1.29 is 4.74 Å². The summed E-state index contributed by atoms with van der Waals surface area (Å²) in [5.74, 6) is 0.782. The highest BCUT2D eigenvalue weighted by molar-refractivity contribution is 4.76. The topological polar surface area (TPSA) is 12.5 Å². The van der Waals surface area contributed by atoms with Gasteiger partial charge in [0, 0.05) is 26.2 Å². The summed E-state index contributed by atoms with van der Waals surface area (Å²) in [6.07, 6.45) is 4.19. The molecule has 0 unspecified atom stereocenters. The van der Waals surface area contributed by atoms with E-state index in [0.717, 1.165) is 19.1 Å². The fourth-order valence-electron chi connectivity index (χ4n) is 2.01. The summed E-state index contributed by atoms with van der Waals surface area (Å²) in [5, 5.41) is 0. The Morgan fingerprint density at radius 3 is 2.86 bits per heavy atom. The van der Waals surface area contributed by atoms with E-state index >= 15 is 0 Å². The van der Waals surface area contributed by atoms with Crippen LogP contribution in [0.25, 0.3) is 0 Å². The van der Waals surface area contributed by atoms with Crippen LogP contribution >= 0.6 is 0 Å². The summed E-state index contributed by atoms with van der Waals surface area (Å²) in [6.45, 7) is 11.3. The number of unbranched alkanes of at least 4 members (excludes halogenated alkanes) is 1. The van der Waals surface area contributed by atoms with Gasteiger partial charge in [-0.3, -0.25) is 0 Å². The molecule has 84 valence electrons. The molecule has 2 nitrogen and oxygen atoms in total. The lowest BCUT2D eigenvalue weighted by Crippen LogP contribution is -2.27. The smallest absolute Gasteiger partial charge is 0.0714 e. The molecule has 0 aromatic rings. The Hall–Kier alpha value is -0.0800. The number of hydrogen-bond acceptors (Lipinski definition) is 2. The van der Waals surface area contributed by atoms with Crippen LogP contribution in [0.15, 0.2) is 0 Å². The molecule has 0 N–H and O–H groups in total. The summed E-state index contributed by atoms with van der Waals surface area (Å²) in [5.41, 5.74) is 0. The van der Waals surface area contributed by atoms with E-state index in [0.29, 0.717) is 6.10 Å². The Morgan fingerprint density at radius 2 is 2.21 bits per heavy atom. The average Bonchev–Trinajstić information content (AvgIpc) is 2.52. The molecule has 0 spiro atoms. The van der Waals surface area contributed by atoms with Crippen molar-refractivity contribution in [2.75, 3.05) is 26.2 Å². The molecule has 0 bridgehead atoms. The number of ether oxygens (including phenoxy) is 1. The second kappa shape index (κ2) is 6.41. The molecule has 2 heteroatoms. The molecule has 1 atom stereocenters. The van der Waals surface area contributed by atoms with Crippen LogP contribution < -0.4 is 0 Å². The van der Waals surface area contributed by atoms with E-state index in [1.54, 1.807) is 0 Å². The van der Waals surface area contributed by atoms with E-state index in [2.05, 4.69) is 25.7 Å². The predicted molar refractivity (Wildman–Crippen MR) is 60.5 cm³/mol. The minimum Gasteiger partial charge on any atom is -0.377 e. The van der Waals surface area contributed by atoms with E-state index in [1.807, 2.05) is 0 Å². The summed E-state index contributed by atoms with van der Waals surface area (Å²) in [4.78, 5) is 2.53. The summed E-state index contributed by atoms with van der Waals surface area (Å²) >= 11 is 0. The quantitative estimate of drug-likeness (QED) is 0.610. The second-order valence-electron chi connectivity index (χ2n) is 4.79. The fourth-order valence-corrected chi connectivity index (χ4v) is 2.01. The van der Waals surface area contributed by atoms with Gasteiger partial charge in [-0.25, -0.2) is 0 Å². The Labute approximate surface area is 88.6 Å². The van der Waals surface area contributed by atoms with Crippen molar-refractivity contribution >= 4 is 0 Å². The van der Waals surface area contributed by atoms with Crippen molar-refractivity contribution in [2.45, 2.75) is 46.1 Å². The number of hydrogen-bond donors (Lipinski definition) is 0. The highest BCUT2D eigenvalue weighted by Crippen LogP contribution is 2.14. The van der Waals surface area contributed by atoms with Gasteiger partial charge in [-0.05, 0) is 18.8 Å². The van der Waals surface area contributed by atoms with E-state index in [-0.39, 0.29) is 0 Å². The van der Waals surface area contributed by atoms with Gasteiger partial charge in [-0.1, -0.05) is 27.2 Å². The Balaban J connectivity index is 2.08. The van der Waals surface area contributed by atoms with Crippen LogP contribution in [0.5, 0.6) is 0 Å². The summed E-state index contributed by atoms with van der Waals surface area (Å²) in [6, 6.07) is 0. The molecule has 1 fully saturated rings. The van der Waals surface area contributed by atoms with Crippen molar-refractivity contribution in [3.05, 3.63) is 0 Å². The summed E-state index contributed by atoms with van der Waals surface area (Å²) < 4.78 is 5.81. The molecule has 1 aliphatic rings. The zero-order chi connectivity index (χ0) is 10.4. The SMILES string of the molecule is CCCCO[C@@H]1CCN(CC(C)C)C1. The highest BCUT2D eigenvalue weighted by atomic mass is 16.5. The van der Waals surface area contributed by atoms with Gasteiger partial charge >= 0.3 is 0 Å². The molecule has 1 aliphatic heterocycles. The minimum atomic E-state index is 0.514. The van der Waals surface area contributed by atoms with Gasteiger partial charge < -0.3 is 9.64 Å². The van der Waals surface area contributed by atoms with Gasteiger partial charge in [0.15, 0.2) is 0 Å². The number of likely N-dealkylation sites (tertiary alicyclic amines) is 1. The molecule has 1 saturated heterocycles. The van der Waals surface area contributed by atoms with Crippen LogP contribution in [0.2, 0.25) is 0 Å². The summed E-state index contributed by atoms with van der Waals surface area (Å²) in [7, 11) is 0. The van der Waals surface area contributed by atoms with Gasteiger partial charge in [0.05, 0.1) is 6.10 Å². The van der Waals surface area contributed by atoms with Crippen LogP contribution in [-0.2, 0) is 4.74 Å². The minimum absolute atomic E-state index is 0.514. The van der Waals surface area contributed by atoms with E-state index in [1.165, 1.54) is 32.4 Å². The molecule has 0 aromatic heterocycles. The fraction of sp³-hybridized carbons (Fsp3) is 1.00. The molecule has 0 radical (unpaired) electrons. The molecule has 1 rings (SSSR count). The molecule has 0 aliphatic carbocycles. The van der Waals surface area contributed by atoms with Gasteiger partial charge in [0.25, 0.3) is 0 Å². The van der Waals surface area contributed by atoms with E-state index in [9.17, 15) is 0 Å². The van der Waals surface area contributed by atoms with Crippen molar-refractivity contribution in [1.82, 2.24) is 4.90 Å². The lowest BCUT2D eigenvalue weighted by Gasteiger charge is -2.18. The van der Waals surface area contributed by atoms with Crippen molar-refractivity contribution in [2.24, 2.45) is 5.92 Å². The Bertz CT molecular complexity index is 147. The first-order chi connectivity index (χ1) is 6.72. The predicted octanol–water partition coefficient (Wildman–Crippen LogP) is 2.53. The normalized spacial score (nSPS) is 23.6. The first-order valence-corrected chi connectivity index (χ1v) is 6.06. The maximum absolute atomic E-state index is 5.81. The second-order valence-corrected chi connectivity index (χ2v) is 4.79. The largest absolute Gasteiger partial charge is 0.377 e. The van der Waals surface area contributed by atoms with Crippen LogP contribution in [-0.4, -0.2) is 37.2 Å². The lowest BCUT2D eigenvalue weighted by molar-refractivity contribution is 0.0564. The van der Waals surface area contributed by atoms with Gasteiger partial charge in [-0.2, -0.15) is 0 Å². The zero-order valence-corrected chi connectivity index (χ0v) is 9.96. The van der Waals surface area contributed by atoms with Crippen LogP contribution in [0, 0.1) is 5.92 Å². The van der Waals surface area contributed by atoms with Crippen LogP contribution in [0.4, 0.5) is 0 Å². The van der Waals surface area contributed by atoms with Crippen molar-refractivity contribution in [3.8, 4) is 0 Å². The van der Waals surface area contributed by atoms with E-state index < -0.39 is 0 Å². The average molecular weight is 199 g/mol. The monoisotopic (exact) mass is 199 g/mol. The molecular formula is C12H25NO. The van der Waals surface area contributed by atoms with Crippen LogP contribution in [0.1, 0.15) is 40.0 Å². The molecule has 1 heterocycles. The van der Waals surface area contributed by atoms with Gasteiger partial charge in [0.1, 0.15) is 0 Å². The lowest BCUT2D eigenvalue weighted by atomic mass is 10.2. The Morgan fingerprint density at radius 1 is 1.43 bits per heavy atom. The van der Waals surface area contributed by atoms with Gasteiger partial charge in [-0.15, -0.1) is 0 Å². The van der Waals surface area contributed by atoms with Gasteiger partial charge in [0.2, 0.25) is 0 Å². The van der Waals surface area contributed by atoms with E-state index in [4.69, 9.17) is 4.74 Å². The zero-order valence-electron chi connectivity index (χ0n) is 9.96. The molecule has 14 heavy (non-hydrogen) atoms. The van der Waals surface area contributed by atoms with Crippen molar-refractivity contribution in [3.63, 3.8) is 0 Å². The first kappa shape index (κ1) is 12.0. The molecule has 0 saturated carbocycles.